The van der Waals surface area contributed by atoms with Crippen LogP contribution in [-0.2, 0) is 0 Å². The van der Waals surface area contributed by atoms with Crippen LogP contribution in [0.5, 0.6) is 0 Å². The zero-order valence-electron chi connectivity index (χ0n) is 9.86. The summed E-state index contributed by atoms with van der Waals surface area (Å²) >= 11 is 0. The minimum absolute atomic E-state index is 0.549. The number of nitrogens with one attached hydrogen (secondary N) is 1. The lowest BCUT2D eigenvalue weighted by Crippen LogP contribution is -2.29. The van der Waals surface area contributed by atoms with Crippen LogP contribution in [0.1, 0.15) is 12.5 Å². The maximum Gasteiger partial charge on any atom is 0.154 e. The van der Waals surface area contributed by atoms with Gasteiger partial charge in [-0.3, -0.25) is 5.32 Å². The van der Waals surface area contributed by atoms with Gasteiger partial charge in [-0.05, 0) is 32.5 Å². The molecule has 1 aromatic rings. The van der Waals surface area contributed by atoms with Gasteiger partial charge in [0, 0.05) is 17.5 Å². The second-order valence-corrected chi connectivity index (χ2v) is 3.56. The van der Waals surface area contributed by atoms with Crippen molar-refractivity contribution in [2.75, 3.05) is 7.05 Å². The molecule has 86 valence electrons. The topological polar surface area (TPSA) is 57.5 Å². The molecule has 0 aliphatic carbocycles. The molecular weight excluding hydrogens is 202 g/mol. The number of hydrogen-bond donors (Lipinski definition) is 2. The maximum atomic E-state index is 9.53. The molecule has 0 amide bonds. The quantitative estimate of drug-likeness (QED) is 0.597. The molecule has 0 radical (unpaired) electrons. The van der Waals surface area contributed by atoms with Crippen molar-refractivity contribution in [3.63, 3.8) is 0 Å². The van der Waals surface area contributed by atoms with Crippen molar-refractivity contribution >= 4 is 11.5 Å². The molecule has 0 aliphatic rings. The Kier molecular flexibility index (Phi) is 4.34. The highest BCUT2D eigenvalue weighted by Crippen LogP contribution is 2.15. The van der Waals surface area contributed by atoms with Crippen LogP contribution in [0.3, 0.4) is 0 Å². The first-order valence-electron chi connectivity index (χ1n) is 5.07. The van der Waals surface area contributed by atoms with Crippen LogP contribution in [0.4, 0.5) is 5.82 Å². The fourth-order valence-corrected chi connectivity index (χ4v) is 1.20. The van der Waals surface area contributed by atoms with Crippen LogP contribution in [0.2, 0.25) is 0 Å². The summed E-state index contributed by atoms with van der Waals surface area (Å²) < 4.78 is 0. The number of pyridine rings is 1. The molecule has 1 rings (SSSR count). The molecule has 4 nitrogen and oxygen atoms in total. The molecule has 4 heteroatoms. The summed E-state index contributed by atoms with van der Waals surface area (Å²) in [6, 6.07) is 3.80. The molecule has 0 aliphatic heterocycles. The van der Waals surface area contributed by atoms with E-state index < -0.39 is 6.23 Å². The van der Waals surface area contributed by atoms with Crippen LogP contribution in [0, 0.1) is 6.92 Å². The highest BCUT2D eigenvalue weighted by atomic mass is 16.3. The molecule has 2 N–H and O–H groups in total. The van der Waals surface area contributed by atoms with Gasteiger partial charge in [0.05, 0.1) is 0 Å². The third kappa shape index (κ3) is 2.98. The van der Waals surface area contributed by atoms with E-state index in [1.807, 2.05) is 19.1 Å². The summed E-state index contributed by atoms with van der Waals surface area (Å²) in [5.41, 5.74) is 2.21. The zero-order valence-corrected chi connectivity index (χ0v) is 9.86. The van der Waals surface area contributed by atoms with Gasteiger partial charge < -0.3 is 5.11 Å². The van der Waals surface area contributed by atoms with E-state index >= 15 is 0 Å². The number of hydrogen-bond acceptors (Lipinski definition) is 4. The van der Waals surface area contributed by atoms with Crippen LogP contribution in [0.15, 0.2) is 35.5 Å². The molecule has 0 aromatic carbocycles. The molecule has 0 spiro atoms. The number of aliphatic hydroxyl groups excluding tert-OH is 1. The predicted octanol–water partition coefficient (Wildman–Crippen LogP) is 1.58. The summed E-state index contributed by atoms with van der Waals surface area (Å²) in [6.07, 6.45) is 0.920. The molecular formula is C12H17N3O. The summed E-state index contributed by atoms with van der Waals surface area (Å²) in [7, 11) is 1.66. The lowest BCUT2D eigenvalue weighted by molar-refractivity contribution is 0.189. The van der Waals surface area contributed by atoms with Crippen LogP contribution >= 0.6 is 0 Å². The Balaban J connectivity index is 2.93. The van der Waals surface area contributed by atoms with E-state index in [1.54, 1.807) is 20.2 Å². The molecule has 1 atom stereocenters. The highest BCUT2D eigenvalue weighted by molar-refractivity contribution is 5.99. The van der Waals surface area contributed by atoms with Crippen LogP contribution in [0.25, 0.3) is 0 Å². The fourth-order valence-electron chi connectivity index (χ4n) is 1.20. The minimum Gasteiger partial charge on any atom is -0.374 e. The van der Waals surface area contributed by atoms with Crippen LogP contribution < -0.4 is 5.32 Å². The molecule has 1 aromatic heterocycles. The SMILES string of the molecule is C=C(/C(C)=N\c1ncccc1C)C(O)NC. The molecule has 16 heavy (non-hydrogen) atoms. The Morgan fingerprint density at radius 3 is 2.88 bits per heavy atom. The van der Waals surface area contributed by atoms with Crippen molar-refractivity contribution in [3.05, 3.63) is 36.0 Å². The van der Waals surface area contributed by atoms with E-state index in [0.717, 1.165) is 5.56 Å². The van der Waals surface area contributed by atoms with Gasteiger partial charge in [-0.15, -0.1) is 0 Å². The fraction of sp³-hybridized carbons (Fsp3) is 0.333. The second-order valence-electron chi connectivity index (χ2n) is 3.56. The van der Waals surface area contributed by atoms with E-state index in [0.29, 0.717) is 17.1 Å². The number of aliphatic imine (C=N–C) groups is 1. The van der Waals surface area contributed by atoms with Crippen molar-refractivity contribution in [1.29, 1.82) is 0 Å². The normalized spacial score (nSPS) is 13.6. The number of aromatic nitrogens is 1. The third-order valence-corrected chi connectivity index (χ3v) is 2.32. The van der Waals surface area contributed by atoms with Gasteiger partial charge in [-0.2, -0.15) is 0 Å². The minimum atomic E-state index is -0.771. The predicted molar refractivity (Wildman–Crippen MR) is 65.9 cm³/mol. The summed E-state index contributed by atoms with van der Waals surface area (Å²) in [4.78, 5) is 8.49. The molecule has 0 bridgehead atoms. The number of rotatable bonds is 4. The lowest BCUT2D eigenvalue weighted by atomic mass is 10.1. The monoisotopic (exact) mass is 219 g/mol. The number of aliphatic hydroxyl groups is 1. The Morgan fingerprint density at radius 2 is 2.31 bits per heavy atom. The highest BCUT2D eigenvalue weighted by Gasteiger charge is 2.09. The van der Waals surface area contributed by atoms with Gasteiger partial charge in [-0.25, -0.2) is 9.98 Å². The van der Waals surface area contributed by atoms with Crippen LogP contribution in [-0.4, -0.2) is 29.1 Å². The van der Waals surface area contributed by atoms with E-state index in [4.69, 9.17) is 0 Å². The van der Waals surface area contributed by atoms with Crippen molar-refractivity contribution < 1.29 is 5.11 Å². The van der Waals surface area contributed by atoms with E-state index in [9.17, 15) is 5.11 Å². The average Bonchev–Trinajstić information content (AvgIpc) is 2.30. The zero-order chi connectivity index (χ0) is 12.1. The molecule has 0 saturated carbocycles. The second kappa shape index (κ2) is 5.53. The van der Waals surface area contributed by atoms with Gasteiger partial charge in [0.2, 0.25) is 0 Å². The number of likely N-dealkylation sites (N-methyl/N-ethyl adjacent to an activating group) is 1. The largest absolute Gasteiger partial charge is 0.374 e. The Morgan fingerprint density at radius 1 is 1.62 bits per heavy atom. The molecule has 0 saturated heterocycles. The van der Waals surface area contributed by atoms with Crippen molar-refractivity contribution in [3.8, 4) is 0 Å². The Hall–Kier alpha value is -1.52. The van der Waals surface area contributed by atoms with E-state index in [-0.39, 0.29) is 0 Å². The summed E-state index contributed by atoms with van der Waals surface area (Å²) in [5.74, 6) is 0.657. The van der Waals surface area contributed by atoms with Gasteiger partial charge in [-0.1, -0.05) is 12.6 Å². The maximum absolute atomic E-state index is 9.53. The first-order valence-corrected chi connectivity index (χ1v) is 5.07. The van der Waals surface area contributed by atoms with E-state index in [2.05, 4.69) is 21.9 Å². The number of nitrogens with zero attached hydrogens (tertiary/aromatic N) is 2. The molecule has 0 fully saturated rings. The lowest BCUT2D eigenvalue weighted by Gasteiger charge is -2.12. The first kappa shape index (κ1) is 12.5. The van der Waals surface area contributed by atoms with Gasteiger partial charge in [0.15, 0.2) is 5.82 Å². The van der Waals surface area contributed by atoms with Crippen molar-refractivity contribution in [2.45, 2.75) is 20.1 Å². The Bertz CT molecular complexity index is 412. The molecule has 1 heterocycles. The smallest absolute Gasteiger partial charge is 0.154 e. The average molecular weight is 219 g/mol. The first-order chi connectivity index (χ1) is 7.56. The van der Waals surface area contributed by atoms with Gasteiger partial charge in [0.25, 0.3) is 0 Å². The van der Waals surface area contributed by atoms with Crippen molar-refractivity contribution in [2.24, 2.45) is 4.99 Å². The third-order valence-electron chi connectivity index (χ3n) is 2.32. The summed E-state index contributed by atoms with van der Waals surface area (Å²) in [5, 5.41) is 12.2. The summed E-state index contributed by atoms with van der Waals surface area (Å²) in [6.45, 7) is 7.52. The number of aryl methyl sites for hydroxylation is 1. The van der Waals surface area contributed by atoms with E-state index in [1.165, 1.54) is 0 Å². The molecule has 1 unspecified atom stereocenters. The van der Waals surface area contributed by atoms with Gasteiger partial charge in [0.1, 0.15) is 6.23 Å². The van der Waals surface area contributed by atoms with Crippen molar-refractivity contribution in [1.82, 2.24) is 10.3 Å². The standard InChI is InChI=1S/C12H17N3O/c1-8-6-5-7-14-11(8)15-10(3)9(2)12(16)13-4/h5-7,12-13,16H,2H2,1,3-4H3/b15-10-. The Labute approximate surface area is 95.8 Å². The van der Waals surface area contributed by atoms with Gasteiger partial charge >= 0.3 is 0 Å².